The van der Waals surface area contributed by atoms with Crippen molar-refractivity contribution in [2.75, 3.05) is 38.2 Å². The maximum atomic E-state index is 13.1. The summed E-state index contributed by atoms with van der Waals surface area (Å²) < 4.78 is 35.4. The van der Waals surface area contributed by atoms with Crippen molar-refractivity contribution in [3.8, 4) is 5.75 Å². The second-order valence-corrected chi connectivity index (χ2v) is 9.97. The first-order valence-electron chi connectivity index (χ1n) is 11.6. The zero-order chi connectivity index (χ0) is 25.1. The molecule has 0 bridgehead atoms. The number of carbonyl (C=O) groups excluding carboxylic acids is 1. The third-order valence-corrected chi connectivity index (χ3v) is 7.54. The van der Waals surface area contributed by atoms with E-state index >= 15 is 0 Å². The summed E-state index contributed by atoms with van der Waals surface area (Å²) >= 11 is 0. The van der Waals surface area contributed by atoms with Gasteiger partial charge in [-0.25, -0.2) is 8.42 Å². The van der Waals surface area contributed by atoms with Gasteiger partial charge in [-0.1, -0.05) is 54.6 Å². The zero-order valence-corrected chi connectivity index (χ0v) is 23.6. The smallest absolute Gasteiger partial charge is 0.573 e. The molecule has 2 heterocycles. The number of para-hydroxylation sites is 3. The van der Waals surface area contributed by atoms with Gasteiger partial charge in [0.1, 0.15) is 15.8 Å². The minimum Gasteiger partial charge on any atom is -0.573 e. The van der Waals surface area contributed by atoms with Crippen LogP contribution in [0.3, 0.4) is 0 Å². The van der Waals surface area contributed by atoms with E-state index in [1.807, 2.05) is 24.3 Å². The molecule has 0 spiro atoms. The minimum absolute atomic E-state index is 0. The fourth-order valence-electron chi connectivity index (χ4n) is 4.36. The SMILES string of the molecule is COc1ccccc1N1CCN(C(=O)c2ccc([N-]S(=O)(=O)c3cccc4cccnc34)cc2)CC1.[Na+]. The van der Waals surface area contributed by atoms with Crippen molar-refractivity contribution < 1.29 is 47.5 Å². The number of piperazine rings is 1. The molecule has 1 fully saturated rings. The molecule has 1 amide bonds. The molecule has 0 aliphatic carbocycles. The average molecular weight is 525 g/mol. The van der Waals surface area contributed by atoms with Crippen LogP contribution in [0.2, 0.25) is 0 Å². The van der Waals surface area contributed by atoms with Gasteiger partial charge in [-0.05, 0) is 24.3 Å². The van der Waals surface area contributed by atoms with E-state index in [-0.39, 0.29) is 46.0 Å². The molecule has 5 rings (SSSR count). The number of pyridine rings is 1. The molecule has 184 valence electrons. The number of methoxy groups -OCH3 is 1. The summed E-state index contributed by atoms with van der Waals surface area (Å²) in [5.74, 6) is 0.716. The van der Waals surface area contributed by atoms with Crippen LogP contribution in [0.25, 0.3) is 15.6 Å². The minimum atomic E-state index is -3.98. The van der Waals surface area contributed by atoms with Crippen LogP contribution in [0, 0.1) is 0 Å². The molecular formula is C27H25N4NaO4S. The predicted molar refractivity (Wildman–Crippen MR) is 140 cm³/mol. The summed E-state index contributed by atoms with van der Waals surface area (Å²) in [6, 6.07) is 22.7. The number of hydrogen-bond donors (Lipinski definition) is 0. The number of aromatic nitrogens is 1. The van der Waals surface area contributed by atoms with Gasteiger partial charge < -0.3 is 19.3 Å². The van der Waals surface area contributed by atoms with Crippen LogP contribution in [0.4, 0.5) is 11.4 Å². The van der Waals surface area contributed by atoms with E-state index in [1.54, 1.807) is 66.7 Å². The van der Waals surface area contributed by atoms with E-state index in [1.165, 1.54) is 6.07 Å². The van der Waals surface area contributed by atoms with Gasteiger partial charge in [0.15, 0.2) is 0 Å². The fraction of sp³-hybridized carbons (Fsp3) is 0.185. The van der Waals surface area contributed by atoms with Crippen LogP contribution in [-0.2, 0) is 10.0 Å². The van der Waals surface area contributed by atoms with Crippen LogP contribution >= 0.6 is 0 Å². The van der Waals surface area contributed by atoms with Gasteiger partial charge >= 0.3 is 29.6 Å². The first-order chi connectivity index (χ1) is 17.5. The first-order valence-corrected chi connectivity index (χ1v) is 13.0. The Kier molecular flexibility index (Phi) is 8.39. The maximum absolute atomic E-state index is 13.1. The molecule has 4 aromatic rings. The van der Waals surface area contributed by atoms with Gasteiger partial charge in [-0.15, -0.1) is 5.69 Å². The Hall–Kier alpha value is -3.11. The van der Waals surface area contributed by atoms with Gasteiger partial charge in [-0.3, -0.25) is 9.78 Å². The zero-order valence-electron chi connectivity index (χ0n) is 20.7. The van der Waals surface area contributed by atoms with Crippen LogP contribution in [0.5, 0.6) is 5.75 Å². The van der Waals surface area contributed by atoms with Crippen LogP contribution in [-0.4, -0.2) is 57.5 Å². The molecule has 1 aliphatic rings. The van der Waals surface area contributed by atoms with Gasteiger partial charge in [0.25, 0.3) is 5.91 Å². The molecule has 8 nitrogen and oxygen atoms in total. The predicted octanol–water partition coefficient (Wildman–Crippen LogP) is 1.60. The topological polar surface area (TPSA) is 93.9 Å². The van der Waals surface area contributed by atoms with E-state index in [2.05, 4.69) is 14.6 Å². The largest absolute Gasteiger partial charge is 1.00 e. The number of nitrogens with zero attached hydrogens (tertiary/aromatic N) is 4. The van der Waals surface area contributed by atoms with E-state index in [0.29, 0.717) is 37.3 Å². The molecule has 0 atom stereocenters. The van der Waals surface area contributed by atoms with Crippen molar-refractivity contribution in [1.29, 1.82) is 0 Å². The summed E-state index contributed by atoms with van der Waals surface area (Å²) in [4.78, 5) is 21.3. The van der Waals surface area contributed by atoms with Crippen molar-refractivity contribution in [1.82, 2.24) is 9.88 Å². The molecule has 1 saturated heterocycles. The number of carbonyl (C=O) groups is 1. The fourth-order valence-corrected chi connectivity index (χ4v) is 5.52. The average Bonchev–Trinajstić information content (AvgIpc) is 2.92. The van der Waals surface area contributed by atoms with Gasteiger partial charge in [0, 0.05) is 43.3 Å². The van der Waals surface area contributed by atoms with Crippen molar-refractivity contribution in [2.24, 2.45) is 0 Å². The van der Waals surface area contributed by atoms with E-state index in [0.717, 1.165) is 16.8 Å². The van der Waals surface area contributed by atoms with Crippen LogP contribution < -0.4 is 39.2 Å². The Bertz CT molecular complexity index is 1500. The number of sulfonamides is 1. The number of anilines is 1. The summed E-state index contributed by atoms with van der Waals surface area (Å²) in [5, 5.41) is 0.723. The molecule has 0 N–H and O–H groups in total. The van der Waals surface area contributed by atoms with Crippen LogP contribution in [0.1, 0.15) is 10.4 Å². The van der Waals surface area contributed by atoms with Gasteiger partial charge in [0.2, 0.25) is 0 Å². The first kappa shape index (κ1) is 26.9. The standard InChI is InChI=1S/C27H26N4O4S.Na/c1-35-24-9-3-2-8-23(24)30-16-18-31(19-17-30)27(32)21-11-13-22(14-12-21)29-36(33,34)25-10-4-6-20-7-5-15-28-26(20)25;/h2-15H,16-19H2,1H3,(H,29,32);/q;+1/p-1. The molecule has 10 heteroatoms. The number of rotatable bonds is 6. The second-order valence-electron chi connectivity index (χ2n) is 8.40. The number of ether oxygens (including phenoxy) is 1. The molecule has 1 aromatic heterocycles. The number of hydrogen-bond acceptors (Lipinski definition) is 6. The van der Waals surface area contributed by atoms with Gasteiger partial charge in [-0.2, -0.15) is 0 Å². The normalized spacial score (nSPS) is 13.6. The van der Waals surface area contributed by atoms with Crippen LogP contribution in [0.15, 0.2) is 90.0 Å². The van der Waals surface area contributed by atoms with E-state index < -0.39 is 10.0 Å². The quantitative estimate of drug-likeness (QED) is 0.356. The van der Waals surface area contributed by atoms with Gasteiger partial charge in [0.05, 0.1) is 23.2 Å². The monoisotopic (exact) mass is 524 g/mol. The summed E-state index contributed by atoms with van der Waals surface area (Å²) in [6.45, 7) is 2.53. The molecule has 0 radical (unpaired) electrons. The summed E-state index contributed by atoms with van der Waals surface area (Å²) in [5.41, 5.74) is 2.13. The number of fused-ring (bicyclic) bond motifs is 1. The Morgan fingerprint density at radius 2 is 1.59 bits per heavy atom. The van der Waals surface area contributed by atoms with Crippen molar-refractivity contribution in [2.45, 2.75) is 4.90 Å². The molecule has 3 aromatic carbocycles. The molecule has 0 saturated carbocycles. The second kappa shape index (κ2) is 11.5. The molecule has 0 unspecified atom stereocenters. The van der Waals surface area contributed by atoms with Crippen molar-refractivity contribution in [3.63, 3.8) is 0 Å². The van der Waals surface area contributed by atoms with Crippen molar-refractivity contribution >= 4 is 38.2 Å². The third kappa shape index (κ3) is 5.75. The Morgan fingerprint density at radius 1 is 0.892 bits per heavy atom. The third-order valence-electron chi connectivity index (χ3n) is 6.21. The summed E-state index contributed by atoms with van der Waals surface area (Å²) in [7, 11) is -2.33. The van der Waals surface area contributed by atoms with E-state index in [4.69, 9.17) is 4.74 Å². The Balaban J connectivity index is 0.00000320. The van der Waals surface area contributed by atoms with Crippen molar-refractivity contribution in [3.05, 3.63) is 95.3 Å². The molecule has 37 heavy (non-hydrogen) atoms. The number of amides is 1. The maximum Gasteiger partial charge on any atom is 1.00 e. The molecule has 1 aliphatic heterocycles. The Morgan fingerprint density at radius 3 is 2.32 bits per heavy atom. The summed E-state index contributed by atoms with van der Waals surface area (Å²) in [6.07, 6.45) is 1.55. The molecular weight excluding hydrogens is 499 g/mol. The Labute approximate surface area is 238 Å². The number of benzene rings is 3. The van der Waals surface area contributed by atoms with E-state index in [9.17, 15) is 13.2 Å².